The molecule has 41 heavy (non-hydrogen) atoms. The van der Waals surface area contributed by atoms with Crippen LogP contribution in [0.2, 0.25) is 0 Å². The summed E-state index contributed by atoms with van der Waals surface area (Å²) in [6.45, 7) is 1.15. The van der Waals surface area contributed by atoms with Crippen molar-refractivity contribution >= 4 is 0 Å². The van der Waals surface area contributed by atoms with Crippen molar-refractivity contribution in [1.82, 2.24) is 0 Å². The van der Waals surface area contributed by atoms with Gasteiger partial charge in [0.1, 0.15) is 34.8 Å². The van der Waals surface area contributed by atoms with E-state index in [4.69, 9.17) is 4.74 Å². The standard InChI is InChI=1S/C33H34F6O2/c1-20-16-26(19-29(36)31(20)37)41-33(38,39)30-27(34)17-24(18-28(30)35)21-12-14-25(15-13-21)40-32(22-8-4-2-5-9-22)23-10-6-3-7-11-23/h12-19,22-23,32H,2-11H2,1H3. The monoisotopic (exact) mass is 576 g/mol. The fraction of sp³-hybridized carbons (Fsp3) is 0.455. The predicted molar refractivity (Wildman–Crippen MR) is 145 cm³/mol. The van der Waals surface area contributed by atoms with E-state index in [1.165, 1.54) is 38.5 Å². The van der Waals surface area contributed by atoms with E-state index in [0.717, 1.165) is 50.8 Å². The van der Waals surface area contributed by atoms with Gasteiger partial charge in [-0.2, -0.15) is 8.78 Å². The molecule has 3 aromatic rings. The van der Waals surface area contributed by atoms with E-state index in [1.807, 2.05) is 0 Å². The highest BCUT2D eigenvalue weighted by Crippen LogP contribution is 2.40. The van der Waals surface area contributed by atoms with Gasteiger partial charge in [-0.1, -0.05) is 50.7 Å². The number of hydrogen-bond acceptors (Lipinski definition) is 2. The number of ether oxygens (including phenoxy) is 2. The average molecular weight is 577 g/mol. The lowest BCUT2D eigenvalue weighted by Crippen LogP contribution is -2.37. The van der Waals surface area contributed by atoms with Crippen molar-refractivity contribution < 1.29 is 35.8 Å². The number of rotatable bonds is 8. The molecule has 5 rings (SSSR count). The van der Waals surface area contributed by atoms with Crippen LogP contribution in [-0.2, 0) is 6.11 Å². The van der Waals surface area contributed by atoms with Crippen molar-refractivity contribution in [2.24, 2.45) is 11.8 Å². The van der Waals surface area contributed by atoms with Crippen molar-refractivity contribution in [2.45, 2.75) is 83.3 Å². The smallest absolute Gasteiger partial charge is 0.432 e. The molecule has 220 valence electrons. The highest BCUT2D eigenvalue weighted by atomic mass is 19.3. The summed E-state index contributed by atoms with van der Waals surface area (Å²) in [7, 11) is 0. The van der Waals surface area contributed by atoms with Gasteiger partial charge in [0, 0.05) is 6.07 Å². The Hall–Kier alpha value is -3.16. The van der Waals surface area contributed by atoms with E-state index < -0.39 is 40.7 Å². The first-order valence-corrected chi connectivity index (χ1v) is 14.4. The van der Waals surface area contributed by atoms with E-state index in [0.29, 0.717) is 29.2 Å². The molecule has 0 saturated heterocycles. The molecule has 0 spiro atoms. The first-order valence-electron chi connectivity index (χ1n) is 14.4. The number of benzene rings is 3. The van der Waals surface area contributed by atoms with E-state index in [-0.39, 0.29) is 17.2 Å². The van der Waals surface area contributed by atoms with Crippen molar-refractivity contribution in [3.8, 4) is 22.6 Å². The lowest BCUT2D eigenvalue weighted by molar-refractivity contribution is -0.189. The summed E-state index contributed by atoms with van der Waals surface area (Å²) < 4.78 is 97.6. The van der Waals surface area contributed by atoms with E-state index in [9.17, 15) is 26.3 Å². The molecule has 2 saturated carbocycles. The summed E-state index contributed by atoms with van der Waals surface area (Å²) in [5.74, 6) is -4.75. The molecule has 0 aliphatic heterocycles. The van der Waals surface area contributed by atoms with Gasteiger partial charge in [-0.3, -0.25) is 0 Å². The lowest BCUT2D eigenvalue weighted by Gasteiger charge is -2.37. The van der Waals surface area contributed by atoms with E-state index >= 15 is 0 Å². The Balaban J connectivity index is 1.34. The predicted octanol–water partition coefficient (Wildman–Crippen LogP) is 10.3. The Morgan fingerprint density at radius 3 is 1.71 bits per heavy atom. The third-order valence-corrected chi connectivity index (χ3v) is 8.45. The minimum atomic E-state index is -4.48. The number of hydrogen-bond donors (Lipinski definition) is 0. The lowest BCUT2D eigenvalue weighted by atomic mass is 9.75. The van der Waals surface area contributed by atoms with Crippen molar-refractivity contribution in [2.75, 3.05) is 0 Å². The summed E-state index contributed by atoms with van der Waals surface area (Å²) in [5.41, 5.74) is -1.42. The molecule has 0 radical (unpaired) electrons. The average Bonchev–Trinajstić information content (AvgIpc) is 2.95. The van der Waals surface area contributed by atoms with Crippen LogP contribution in [0.3, 0.4) is 0 Å². The molecule has 2 aliphatic rings. The first kappa shape index (κ1) is 29.3. The van der Waals surface area contributed by atoms with Crippen LogP contribution < -0.4 is 9.47 Å². The summed E-state index contributed by atoms with van der Waals surface area (Å²) in [4.78, 5) is 0. The number of alkyl halides is 2. The molecular formula is C33H34F6O2. The normalized spacial score (nSPS) is 17.2. The Bertz CT molecular complexity index is 1280. The van der Waals surface area contributed by atoms with Gasteiger partial charge < -0.3 is 9.47 Å². The Labute approximate surface area is 236 Å². The molecule has 2 nitrogen and oxygen atoms in total. The van der Waals surface area contributed by atoms with Crippen LogP contribution in [0.25, 0.3) is 11.1 Å². The number of halogens is 6. The molecule has 8 heteroatoms. The summed E-state index contributed by atoms with van der Waals surface area (Å²) in [6, 6.07) is 9.64. The second kappa shape index (κ2) is 12.4. The quantitative estimate of drug-likeness (QED) is 0.249. The van der Waals surface area contributed by atoms with Gasteiger partial charge in [0.25, 0.3) is 0 Å². The molecule has 0 amide bonds. The highest BCUT2D eigenvalue weighted by Gasteiger charge is 2.41. The maximum absolute atomic E-state index is 14.9. The largest absolute Gasteiger partial charge is 0.490 e. The molecular weight excluding hydrogens is 542 g/mol. The highest BCUT2D eigenvalue weighted by molar-refractivity contribution is 5.65. The molecule has 2 fully saturated rings. The Morgan fingerprint density at radius 2 is 1.20 bits per heavy atom. The van der Waals surface area contributed by atoms with Gasteiger partial charge in [0.2, 0.25) is 0 Å². The van der Waals surface area contributed by atoms with Gasteiger partial charge >= 0.3 is 6.11 Å². The molecule has 0 bridgehead atoms. The second-order valence-corrected chi connectivity index (χ2v) is 11.4. The summed E-state index contributed by atoms with van der Waals surface area (Å²) in [5, 5.41) is 0. The van der Waals surface area contributed by atoms with Crippen molar-refractivity contribution in [1.29, 1.82) is 0 Å². The van der Waals surface area contributed by atoms with Gasteiger partial charge in [-0.05, 0) is 91.5 Å². The van der Waals surface area contributed by atoms with Crippen LogP contribution >= 0.6 is 0 Å². The van der Waals surface area contributed by atoms with Gasteiger partial charge in [-0.15, -0.1) is 0 Å². The van der Waals surface area contributed by atoms with Crippen LogP contribution in [0.4, 0.5) is 26.3 Å². The van der Waals surface area contributed by atoms with Crippen LogP contribution in [0.1, 0.15) is 75.3 Å². The SMILES string of the molecule is Cc1cc(OC(F)(F)c2c(F)cc(-c3ccc(OC(C4CCCCC4)C4CCCCC4)cc3)cc2F)cc(F)c1F. The summed E-state index contributed by atoms with van der Waals surface area (Å²) in [6.07, 6.45) is 7.69. The molecule has 0 atom stereocenters. The molecule has 0 aromatic heterocycles. The summed E-state index contributed by atoms with van der Waals surface area (Å²) >= 11 is 0. The number of aryl methyl sites for hydroxylation is 1. The van der Waals surface area contributed by atoms with Crippen LogP contribution in [0, 0.1) is 42.0 Å². The second-order valence-electron chi connectivity index (χ2n) is 11.4. The fourth-order valence-corrected chi connectivity index (χ4v) is 6.36. The zero-order chi connectivity index (χ0) is 29.1. The van der Waals surface area contributed by atoms with Crippen LogP contribution in [0.5, 0.6) is 11.5 Å². The maximum Gasteiger partial charge on any atom is 0.432 e. The van der Waals surface area contributed by atoms with Crippen LogP contribution in [-0.4, -0.2) is 6.10 Å². The van der Waals surface area contributed by atoms with Gasteiger partial charge in [0.15, 0.2) is 11.6 Å². The third kappa shape index (κ3) is 6.68. The van der Waals surface area contributed by atoms with E-state index in [1.54, 1.807) is 24.3 Å². The zero-order valence-electron chi connectivity index (χ0n) is 23.0. The molecule has 0 N–H and O–H groups in total. The minimum absolute atomic E-state index is 0.0610. The molecule has 3 aromatic carbocycles. The van der Waals surface area contributed by atoms with Gasteiger partial charge in [0.05, 0.1) is 0 Å². The van der Waals surface area contributed by atoms with E-state index in [2.05, 4.69) is 4.74 Å². The van der Waals surface area contributed by atoms with Crippen LogP contribution in [0.15, 0.2) is 48.5 Å². The van der Waals surface area contributed by atoms with Crippen molar-refractivity contribution in [3.05, 3.63) is 82.9 Å². The molecule has 2 aliphatic carbocycles. The Morgan fingerprint density at radius 1 is 0.659 bits per heavy atom. The van der Waals surface area contributed by atoms with Crippen molar-refractivity contribution in [3.63, 3.8) is 0 Å². The third-order valence-electron chi connectivity index (χ3n) is 8.45. The Kier molecular flexibility index (Phi) is 8.85. The molecule has 0 heterocycles. The topological polar surface area (TPSA) is 18.5 Å². The fourth-order valence-electron chi connectivity index (χ4n) is 6.36. The first-order chi connectivity index (χ1) is 19.6. The van der Waals surface area contributed by atoms with Gasteiger partial charge in [-0.25, -0.2) is 17.6 Å². The maximum atomic E-state index is 14.9. The minimum Gasteiger partial charge on any atom is -0.490 e. The molecule has 0 unspecified atom stereocenters. The zero-order valence-corrected chi connectivity index (χ0v) is 23.0.